The van der Waals surface area contributed by atoms with Crippen molar-refractivity contribution >= 4 is 33.5 Å². The van der Waals surface area contributed by atoms with Gasteiger partial charge in [0.1, 0.15) is 5.52 Å². The normalized spacial score (nSPS) is 10.5. The van der Waals surface area contributed by atoms with E-state index in [1.807, 2.05) is 18.6 Å². The zero-order valence-electron chi connectivity index (χ0n) is 5.19. The van der Waals surface area contributed by atoms with Crippen LogP contribution in [-0.4, -0.2) is 4.98 Å². The Morgan fingerprint density at radius 1 is 1.50 bits per heavy atom. The number of halogens is 1. The van der Waals surface area contributed by atoms with Gasteiger partial charge in [-0.05, 0) is 22.6 Å². The number of rotatable bonds is 0. The lowest BCUT2D eigenvalue weighted by atomic mass is 10.3. The summed E-state index contributed by atoms with van der Waals surface area (Å²) in [6, 6.07) is 2.06. The van der Waals surface area contributed by atoms with Crippen molar-refractivity contribution in [2.45, 2.75) is 0 Å². The second-order valence-corrected chi connectivity index (χ2v) is 3.27. The first-order chi connectivity index (χ1) is 4.88. The van der Waals surface area contributed by atoms with E-state index in [9.17, 15) is 0 Å². The van der Waals surface area contributed by atoms with Crippen molar-refractivity contribution in [2.75, 3.05) is 0 Å². The molecule has 3 heteroatoms. The average molecular weight is 245 g/mol. The third-order valence-corrected chi connectivity index (χ3v) is 2.37. The fourth-order valence-corrected chi connectivity index (χ4v) is 1.60. The van der Waals surface area contributed by atoms with E-state index in [1.165, 1.54) is 8.96 Å². The predicted molar refractivity (Wildman–Crippen MR) is 47.6 cm³/mol. The van der Waals surface area contributed by atoms with Gasteiger partial charge in [-0.25, -0.2) is 4.98 Å². The SMILES string of the molecule is Ic1c[nH]c2c[nH+]ccc12. The molecule has 0 atom stereocenters. The lowest BCUT2D eigenvalue weighted by Crippen LogP contribution is -1.96. The maximum atomic E-state index is 3.15. The van der Waals surface area contributed by atoms with Crippen LogP contribution in [0.3, 0.4) is 0 Å². The molecule has 0 saturated heterocycles. The molecule has 0 saturated carbocycles. The molecule has 0 aliphatic heterocycles. The maximum absolute atomic E-state index is 3.15. The van der Waals surface area contributed by atoms with Crippen molar-refractivity contribution in [1.82, 2.24) is 4.98 Å². The number of hydrogen-bond donors (Lipinski definition) is 1. The van der Waals surface area contributed by atoms with Crippen LogP contribution >= 0.6 is 22.6 Å². The highest BCUT2D eigenvalue weighted by Gasteiger charge is 1.99. The van der Waals surface area contributed by atoms with Crippen LogP contribution in [0.2, 0.25) is 0 Å². The molecule has 0 aliphatic carbocycles. The molecule has 0 aromatic carbocycles. The smallest absolute Gasteiger partial charge is 0.191 e. The predicted octanol–water partition coefficient (Wildman–Crippen LogP) is 1.59. The molecule has 0 aliphatic rings. The average Bonchev–Trinajstić information content (AvgIpc) is 2.34. The molecule has 0 unspecified atom stereocenters. The summed E-state index contributed by atoms with van der Waals surface area (Å²) in [4.78, 5) is 6.16. The molecule has 2 aromatic heterocycles. The van der Waals surface area contributed by atoms with E-state index in [-0.39, 0.29) is 0 Å². The summed E-state index contributed by atoms with van der Waals surface area (Å²) in [7, 11) is 0. The van der Waals surface area contributed by atoms with Crippen LogP contribution in [0.15, 0.2) is 24.7 Å². The van der Waals surface area contributed by atoms with Crippen molar-refractivity contribution in [3.63, 3.8) is 0 Å². The lowest BCUT2D eigenvalue weighted by molar-refractivity contribution is -0.376. The van der Waals surface area contributed by atoms with Crippen molar-refractivity contribution in [2.24, 2.45) is 0 Å². The molecule has 0 radical (unpaired) electrons. The Morgan fingerprint density at radius 2 is 2.40 bits per heavy atom. The Hall–Kier alpha value is -0.580. The second-order valence-electron chi connectivity index (χ2n) is 2.11. The molecular formula is C7H6IN2+. The molecule has 2 nitrogen and oxygen atoms in total. The van der Waals surface area contributed by atoms with Gasteiger partial charge in [-0.1, -0.05) is 0 Å². The molecule has 2 heterocycles. The fourth-order valence-electron chi connectivity index (χ4n) is 0.977. The highest BCUT2D eigenvalue weighted by Crippen LogP contribution is 2.16. The number of pyridine rings is 1. The van der Waals surface area contributed by atoms with Crippen LogP contribution in [0.4, 0.5) is 0 Å². The number of fused-ring (bicyclic) bond motifs is 1. The van der Waals surface area contributed by atoms with Gasteiger partial charge in [0.2, 0.25) is 0 Å². The van der Waals surface area contributed by atoms with Gasteiger partial charge in [0, 0.05) is 21.2 Å². The van der Waals surface area contributed by atoms with E-state index in [0.29, 0.717) is 0 Å². The van der Waals surface area contributed by atoms with Crippen molar-refractivity contribution < 1.29 is 4.98 Å². The number of aromatic nitrogens is 2. The minimum absolute atomic E-state index is 1.16. The van der Waals surface area contributed by atoms with E-state index in [0.717, 1.165) is 5.52 Å². The Morgan fingerprint density at radius 3 is 3.20 bits per heavy atom. The van der Waals surface area contributed by atoms with Crippen LogP contribution in [0.1, 0.15) is 0 Å². The highest BCUT2D eigenvalue weighted by atomic mass is 127. The first kappa shape index (κ1) is 6.15. The molecule has 0 spiro atoms. The largest absolute Gasteiger partial charge is 0.355 e. The molecule has 0 fully saturated rings. The van der Waals surface area contributed by atoms with Crippen LogP contribution in [0, 0.1) is 3.57 Å². The second kappa shape index (κ2) is 2.23. The third kappa shape index (κ3) is 0.811. The quantitative estimate of drug-likeness (QED) is 0.683. The Balaban J connectivity index is 2.93. The minimum Gasteiger partial charge on any atom is -0.355 e. The summed E-state index contributed by atoms with van der Waals surface area (Å²) in [5.41, 5.74) is 1.16. The van der Waals surface area contributed by atoms with Gasteiger partial charge < -0.3 is 4.98 Å². The van der Waals surface area contributed by atoms with Gasteiger partial charge in [0.15, 0.2) is 12.4 Å². The van der Waals surface area contributed by atoms with Crippen molar-refractivity contribution in [1.29, 1.82) is 0 Å². The highest BCUT2D eigenvalue weighted by molar-refractivity contribution is 14.1. The summed E-state index contributed by atoms with van der Waals surface area (Å²) in [5, 5.41) is 1.28. The van der Waals surface area contributed by atoms with Crippen LogP contribution in [0.5, 0.6) is 0 Å². The van der Waals surface area contributed by atoms with Gasteiger partial charge in [-0.2, -0.15) is 0 Å². The van der Waals surface area contributed by atoms with Gasteiger partial charge >= 0.3 is 0 Å². The van der Waals surface area contributed by atoms with Crippen LogP contribution < -0.4 is 4.98 Å². The summed E-state index contributed by atoms with van der Waals surface area (Å²) >= 11 is 2.31. The monoisotopic (exact) mass is 245 g/mol. The molecule has 10 heavy (non-hydrogen) atoms. The van der Waals surface area contributed by atoms with Gasteiger partial charge in [0.05, 0.1) is 0 Å². The molecule has 2 aromatic rings. The number of hydrogen-bond acceptors (Lipinski definition) is 0. The summed E-state index contributed by atoms with van der Waals surface area (Å²) in [6.45, 7) is 0. The molecular weight excluding hydrogens is 239 g/mol. The maximum Gasteiger partial charge on any atom is 0.191 e. The number of H-pyrrole nitrogens is 2. The van der Waals surface area contributed by atoms with E-state index < -0.39 is 0 Å². The minimum atomic E-state index is 1.16. The molecule has 2 rings (SSSR count). The molecule has 50 valence electrons. The van der Waals surface area contributed by atoms with E-state index in [1.54, 1.807) is 0 Å². The van der Waals surface area contributed by atoms with Gasteiger partial charge in [-0.15, -0.1) is 0 Å². The van der Waals surface area contributed by atoms with E-state index in [4.69, 9.17) is 0 Å². The van der Waals surface area contributed by atoms with Crippen LogP contribution in [0.25, 0.3) is 10.9 Å². The Labute approximate surface area is 71.8 Å². The lowest BCUT2D eigenvalue weighted by Gasteiger charge is -1.81. The first-order valence-electron chi connectivity index (χ1n) is 3.00. The summed E-state index contributed by atoms with van der Waals surface area (Å²) < 4.78 is 1.27. The van der Waals surface area contributed by atoms with Crippen molar-refractivity contribution in [3.05, 3.63) is 28.2 Å². The van der Waals surface area contributed by atoms with E-state index >= 15 is 0 Å². The number of nitrogens with one attached hydrogen (secondary N) is 2. The molecule has 2 N–H and O–H groups in total. The zero-order valence-corrected chi connectivity index (χ0v) is 7.34. The molecule has 0 amide bonds. The summed E-state index contributed by atoms with van der Waals surface area (Å²) in [5.74, 6) is 0. The first-order valence-corrected chi connectivity index (χ1v) is 4.08. The zero-order chi connectivity index (χ0) is 6.97. The number of aromatic amines is 2. The van der Waals surface area contributed by atoms with Crippen LogP contribution in [-0.2, 0) is 0 Å². The Bertz CT molecular complexity index is 353. The topological polar surface area (TPSA) is 29.9 Å². The van der Waals surface area contributed by atoms with E-state index in [2.05, 4.69) is 38.6 Å². The summed E-state index contributed by atoms with van der Waals surface area (Å²) in [6.07, 6.45) is 5.88. The third-order valence-electron chi connectivity index (χ3n) is 1.48. The molecule has 0 bridgehead atoms. The fraction of sp³-hybridized carbons (Fsp3) is 0. The van der Waals surface area contributed by atoms with Gasteiger partial charge in [0.25, 0.3) is 0 Å². The van der Waals surface area contributed by atoms with Gasteiger partial charge in [-0.3, -0.25) is 0 Å². The Kier molecular flexibility index (Phi) is 1.37. The van der Waals surface area contributed by atoms with Crippen molar-refractivity contribution in [3.8, 4) is 0 Å². The standard InChI is InChI=1S/C7H5IN2/c8-6-3-10-7-4-9-2-1-5(6)7/h1-4,10H/p+1.